The molecule has 0 fully saturated rings. The maximum absolute atomic E-state index is 13.2. The topological polar surface area (TPSA) is 12.0 Å². The fourth-order valence-electron chi connectivity index (χ4n) is 3.98. The van der Waals surface area contributed by atoms with Crippen LogP contribution in [0.25, 0.3) is 0 Å². The summed E-state index contributed by atoms with van der Waals surface area (Å²) in [6.07, 6.45) is 6.74. The van der Waals surface area contributed by atoms with Crippen LogP contribution in [0.3, 0.4) is 0 Å². The van der Waals surface area contributed by atoms with Gasteiger partial charge >= 0.3 is 0 Å². The number of allylic oxidation sites excluding steroid dienone is 2. The van der Waals surface area contributed by atoms with E-state index >= 15 is 0 Å². The van der Waals surface area contributed by atoms with Gasteiger partial charge in [-0.1, -0.05) is 49.4 Å². The first-order chi connectivity index (χ1) is 10.8. The standard InChI is InChI=1S/C20H20FN/c1-2-13-5-3-7-17-16-6-4-8-18(16)20(22-19(13)17)14-9-11-15(21)12-10-14/h3-7,9-12,16,18,20,22H,2,8H2,1H3/t16-,18+,20-/m1/s1. The molecule has 3 atom stereocenters. The third-order valence-corrected chi connectivity index (χ3v) is 5.09. The molecule has 1 aliphatic carbocycles. The molecule has 4 rings (SSSR count). The lowest BCUT2D eigenvalue weighted by Gasteiger charge is -2.38. The quantitative estimate of drug-likeness (QED) is 0.749. The fraction of sp³-hybridized carbons (Fsp3) is 0.300. The predicted octanol–water partition coefficient (Wildman–Crippen LogP) is 5.21. The molecular formula is C20H20FN. The lowest BCUT2D eigenvalue weighted by molar-refractivity contribution is 0.424. The summed E-state index contributed by atoms with van der Waals surface area (Å²) >= 11 is 0. The Labute approximate surface area is 130 Å². The van der Waals surface area contributed by atoms with E-state index in [4.69, 9.17) is 0 Å². The van der Waals surface area contributed by atoms with Crippen LogP contribution in [-0.2, 0) is 6.42 Å². The van der Waals surface area contributed by atoms with E-state index in [1.54, 1.807) is 12.1 Å². The summed E-state index contributed by atoms with van der Waals surface area (Å²) in [7, 11) is 0. The first-order valence-electron chi connectivity index (χ1n) is 8.08. The van der Waals surface area contributed by atoms with Gasteiger partial charge in [0.15, 0.2) is 0 Å². The van der Waals surface area contributed by atoms with Crippen LogP contribution in [0.4, 0.5) is 10.1 Å². The van der Waals surface area contributed by atoms with Crippen LogP contribution in [0.5, 0.6) is 0 Å². The van der Waals surface area contributed by atoms with Gasteiger partial charge in [0.1, 0.15) is 5.82 Å². The summed E-state index contributed by atoms with van der Waals surface area (Å²) in [6, 6.07) is 13.8. The van der Waals surface area contributed by atoms with Crippen molar-refractivity contribution in [3.05, 3.63) is 77.1 Å². The molecule has 0 saturated heterocycles. The second-order valence-electron chi connectivity index (χ2n) is 6.26. The smallest absolute Gasteiger partial charge is 0.123 e. The van der Waals surface area contributed by atoms with Gasteiger partial charge in [-0.15, -0.1) is 0 Å². The van der Waals surface area contributed by atoms with Crippen LogP contribution in [0.2, 0.25) is 0 Å². The number of fused-ring (bicyclic) bond motifs is 3. The van der Waals surface area contributed by atoms with Crippen molar-refractivity contribution in [3.8, 4) is 0 Å². The van der Waals surface area contributed by atoms with Crippen LogP contribution in [-0.4, -0.2) is 0 Å². The van der Waals surface area contributed by atoms with Gasteiger partial charge in [0, 0.05) is 11.6 Å². The average Bonchev–Trinajstić information content (AvgIpc) is 3.04. The van der Waals surface area contributed by atoms with Gasteiger partial charge in [0.2, 0.25) is 0 Å². The first kappa shape index (κ1) is 13.6. The summed E-state index contributed by atoms with van der Waals surface area (Å²) in [5.74, 6) is 0.818. The van der Waals surface area contributed by atoms with Crippen molar-refractivity contribution in [2.45, 2.75) is 31.7 Å². The molecule has 1 heterocycles. The van der Waals surface area contributed by atoms with Gasteiger partial charge in [0.25, 0.3) is 0 Å². The monoisotopic (exact) mass is 293 g/mol. The Bertz CT molecular complexity index is 717. The summed E-state index contributed by atoms with van der Waals surface area (Å²) in [5, 5.41) is 3.76. The third kappa shape index (κ3) is 2.06. The molecule has 0 aromatic heterocycles. The highest BCUT2D eigenvalue weighted by Gasteiger charge is 2.38. The van der Waals surface area contributed by atoms with E-state index in [9.17, 15) is 4.39 Å². The van der Waals surface area contributed by atoms with Gasteiger partial charge in [-0.2, -0.15) is 0 Å². The van der Waals surface area contributed by atoms with Gasteiger partial charge in [0.05, 0.1) is 6.04 Å². The molecular weight excluding hydrogens is 273 g/mol. The zero-order valence-electron chi connectivity index (χ0n) is 12.7. The molecule has 1 N–H and O–H groups in total. The lowest BCUT2D eigenvalue weighted by Crippen LogP contribution is -2.29. The summed E-state index contributed by atoms with van der Waals surface area (Å²) < 4.78 is 13.2. The molecule has 2 aromatic rings. The molecule has 22 heavy (non-hydrogen) atoms. The Morgan fingerprint density at radius 2 is 1.95 bits per heavy atom. The lowest BCUT2D eigenvalue weighted by atomic mass is 9.76. The Morgan fingerprint density at radius 1 is 1.14 bits per heavy atom. The summed E-state index contributed by atoms with van der Waals surface area (Å²) in [4.78, 5) is 0. The Kier molecular flexibility index (Phi) is 3.25. The Morgan fingerprint density at radius 3 is 2.73 bits per heavy atom. The van der Waals surface area contributed by atoms with E-state index in [0.29, 0.717) is 11.8 Å². The first-order valence-corrected chi connectivity index (χ1v) is 8.08. The molecule has 2 aromatic carbocycles. The number of aryl methyl sites for hydroxylation is 1. The van der Waals surface area contributed by atoms with Crippen LogP contribution >= 0.6 is 0 Å². The molecule has 0 unspecified atom stereocenters. The van der Waals surface area contributed by atoms with Gasteiger partial charge in [-0.3, -0.25) is 0 Å². The van der Waals surface area contributed by atoms with Crippen molar-refractivity contribution in [2.24, 2.45) is 5.92 Å². The van der Waals surface area contributed by atoms with E-state index in [0.717, 1.165) is 12.8 Å². The number of benzene rings is 2. The van der Waals surface area contributed by atoms with Crippen LogP contribution in [0, 0.1) is 11.7 Å². The van der Waals surface area contributed by atoms with E-state index in [1.165, 1.54) is 22.4 Å². The van der Waals surface area contributed by atoms with E-state index in [1.807, 2.05) is 12.1 Å². The van der Waals surface area contributed by atoms with Crippen molar-refractivity contribution in [1.82, 2.24) is 0 Å². The highest BCUT2D eigenvalue weighted by molar-refractivity contribution is 5.64. The largest absolute Gasteiger partial charge is 0.377 e. The zero-order chi connectivity index (χ0) is 15.1. The fourth-order valence-corrected chi connectivity index (χ4v) is 3.98. The third-order valence-electron chi connectivity index (χ3n) is 5.09. The zero-order valence-corrected chi connectivity index (χ0v) is 12.7. The average molecular weight is 293 g/mol. The highest BCUT2D eigenvalue weighted by Crippen LogP contribution is 2.50. The van der Waals surface area contributed by atoms with Crippen molar-refractivity contribution < 1.29 is 4.39 Å². The molecule has 0 saturated carbocycles. The van der Waals surface area contributed by atoms with E-state index < -0.39 is 0 Å². The van der Waals surface area contributed by atoms with E-state index in [2.05, 4.69) is 42.6 Å². The molecule has 1 aliphatic heterocycles. The molecule has 112 valence electrons. The van der Waals surface area contributed by atoms with E-state index in [-0.39, 0.29) is 11.9 Å². The Hall–Kier alpha value is -2.09. The number of para-hydroxylation sites is 1. The molecule has 0 radical (unpaired) electrons. The molecule has 1 nitrogen and oxygen atoms in total. The van der Waals surface area contributed by atoms with Crippen LogP contribution < -0.4 is 5.32 Å². The summed E-state index contributed by atoms with van der Waals surface area (Å²) in [6.45, 7) is 2.20. The van der Waals surface area contributed by atoms with Gasteiger partial charge in [-0.05, 0) is 47.6 Å². The molecule has 0 spiro atoms. The number of nitrogens with one attached hydrogen (secondary N) is 1. The van der Waals surface area contributed by atoms with Crippen molar-refractivity contribution >= 4 is 5.69 Å². The number of anilines is 1. The summed E-state index contributed by atoms with van der Waals surface area (Å²) in [5.41, 5.74) is 5.24. The number of rotatable bonds is 2. The maximum Gasteiger partial charge on any atom is 0.123 e. The normalized spacial score (nSPS) is 25.5. The molecule has 0 bridgehead atoms. The van der Waals surface area contributed by atoms with Gasteiger partial charge in [-0.25, -0.2) is 4.39 Å². The van der Waals surface area contributed by atoms with Crippen molar-refractivity contribution in [2.75, 3.05) is 5.32 Å². The minimum Gasteiger partial charge on any atom is -0.377 e. The molecule has 2 aliphatic rings. The molecule has 0 amide bonds. The van der Waals surface area contributed by atoms with Crippen molar-refractivity contribution in [1.29, 1.82) is 0 Å². The second-order valence-corrected chi connectivity index (χ2v) is 6.26. The minimum atomic E-state index is -0.171. The number of hydrogen-bond acceptors (Lipinski definition) is 1. The number of hydrogen-bond donors (Lipinski definition) is 1. The number of halogens is 1. The SMILES string of the molecule is CCc1cccc2c1N[C@H](c1ccc(F)cc1)[C@H]1CC=C[C@H]21. The second kappa shape index (κ2) is 5.28. The van der Waals surface area contributed by atoms with Crippen LogP contribution in [0.1, 0.15) is 42.0 Å². The van der Waals surface area contributed by atoms with Gasteiger partial charge < -0.3 is 5.32 Å². The van der Waals surface area contributed by atoms with Crippen LogP contribution in [0.15, 0.2) is 54.6 Å². The van der Waals surface area contributed by atoms with Crippen molar-refractivity contribution in [3.63, 3.8) is 0 Å². The predicted molar refractivity (Wildman–Crippen MR) is 88.6 cm³/mol. The maximum atomic E-state index is 13.2. The highest BCUT2D eigenvalue weighted by atomic mass is 19.1. The molecule has 2 heteroatoms. The Balaban J connectivity index is 1.81. The minimum absolute atomic E-state index is 0.171.